The first kappa shape index (κ1) is 14.2. The second-order valence-corrected chi connectivity index (χ2v) is 5.05. The molecule has 0 saturated heterocycles. The van der Waals surface area contributed by atoms with Gasteiger partial charge in [-0.05, 0) is 30.5 Å². The molecule has 1 aromatic rings. The topological polar surface area (TPSA) is 29.3 Å². The zero-order valence-corrected chi connectivity index (χ0v) is 11.4. The van der Waals surface area contributed by atoms with Gasteiger partial charge in [0.2, 0.25) is 0 Å². The van der Waals surface area contributed by atoms with Gasteiger partial charge in [0.05, 0.1) is 0 Å². The van der Waals surface area contributed by atoms with E-state index in [1.165, 1.54) is 5.56 Å². The molecule has 0 heterocycles. The number of nitrogens with two attached hydrogens (primary N) is 1. The van der Waals surface area contributed by atoms with Crippen LogP contribution in [0.1, 0.15) is 26.3 Å². The number of benzene rings is 1. The number of rotatable bonds is 7. The van der Waals surface area contributed by atoms with Crippen molar-refractivity contribution in [3.8, 4) is 0 Å². The van der Waals surface area contributed by atoms with Crippen LogP contribution in [0.25, 0.3) is 0 Å². The lowest BCUT2D eigenvalue weighted by atomic mass is 9.95. The molecule has 0 amide bonds. The second-order valence-electron chi connectivity index (χ2n) is 5.05. The average molecular weight is 234 g/mol. The number of hydrogen-bond acceptors (Lipinski definition) is 2. The Bertz CT molecular complexity index is 295. The van der Waals surface area contributed by atoms with E-state index < -0.39 is 0 Å². The highest BCUT2D eigenvalue weighted by molar-refractivity contribution is 5.14. The van der Waals surface area contributed by atoms with Gasteiger partial charge in [-0.25, -0.2) is 0 Å². The Hall–Kier alpha value is -0.860. The van der Waals surface area contributed by atoms with Gasteiger partial charge >= 0.3 is 0 Å². The molecule has 0 spiro atoms. The molecule has 1 atom stereocenters. The zero-order chi connectivity index (χ0) is 12.7. The van der Waals surface area contributed by atoms with Crippen molar-refractivity contribution in [2.45, 2.75) is 27.3 Å². The van der Waals surface area contributed by atoms with E-state index in [2.05, 4.69) is 56.0 Å². The highest BCUT2D eigenvalue weighted by atomic mass is 15.1. The van der Waals surface area contributed by atoms with Gasteiger partial charge in [0, 0.05) is 13.1 Å². The highest BCUT2D eigenvalue weighted by Crippen LogP contribution is 2.13. The van der Waals surface area contributed by atoms with Crippen molar-refractivity contribution in [1.82, 2.24) is 4.90 Å². The fourth-order valence-electron chi connectivity index (χ4n) is 2.04. The summed E-state index contributed by atoms with van der Waals surface area (Å²) in [5, 5.41) is 0. The minimum Gasteiger partial charge on any atom is -0.330 e. The Balaban J connectivity index is 2.54. The van der Waals surface area contributed by atoms with Gasteiger partial charge < -0.3 is 5.73 Å². The molecule has 0 aliphatic rings. The first-order valence-corrected chi connectivity index (χ1v) is 6.63. The first-order chi connectivity index (χ1) is 8.17. The van der Waals surface area contributed by atoms with Gasteiger partial charge in [0.15, 0.2) is 0 Å². The van der Waals surface area contributed by atoms with Crippen molar-refractivity contribution >= 4 is 0 Å². The third-order valence-electron chi connectivity index (χ3n) is 3.43. The second kappa shape index (κ2) is 7.46. The van der Waals surface area contributed by atoms with Gasteiger partial charge in [-0.1, -0.05) is 51.1 Å². The first-order valence-electron chi connectivity index (χ1n) is 6.63. The molecule has 2 heteroatoms. The van der Waals surface area contributed by atoms with Gasteiger partial charge in [0.1, 0.15) is 0 Å². The Morgan fingerprint density at radius 2 is 1.82 bits per heavy atom. The minimum absolute atomic E-state index is 0.596. The molecule has 2 nitrogen and oxygen atoms in total. The lowest BCUT2D eigenvalue weighted by Crippen LogP contribution is -2.35. The molecular weight excluding hydrogens is 208 g/mol. The largest absolute Gasteiger partial charge is 0.330 e. The lowest BCUT2D eigenvalue weighted by Gasteiger charge is -2.28. The van der Waals surface area contributed by atoms with E-state index in [4.69, 9.17) is 5.73 Å². The number of nitrogens with zero attached hydrogens (tertiary/aromatic N) is 1. The summed E-state index contributed by atoms with van der Waals surface area (Å²) in [4.78, 5) is 2.48. The summed E-state index contributed by atoms with van der Waals surface area (Å²) < 4.78 is 0. The summed E-state index contributed by atoms with van der Waals surface area (Å²) in [6.45, 7) is 10.7. The number of hydrogen-bond donors (Lipinski definition) is 1. The molecule has 1 unspecified atom stereocenters. The van der Waals surface area contributed by atoms with Gasteiger partial charge in [-0.2, -0.15) is 0 Å². The van der Waals surface area contributed by atoms with Crippen LogP contribution in [0.2, 0.25) is 0 Å². The van der Waals surface area contributed by atoms with E-state index in [0.717, 1.165) is 26.2 Å². The SMILES string of the molecule is CCN(Cc1ccccc1)CC(CN)C(C)C. The van der Waals surface area contributed by atoms with Crippen molar-refractivity contribution < 1.29 is 0 Å². The summed E-state index contributed by atoms with van der Waals surface area (Å²) in [5.74, 6) is 1.25. The summed E-state index contributed by atoms with van der Waals surface area (Å²) in [6.07, 6.45) is 0. The van der Waals surface area contributed by atoms with Crippen LogP contribution < -0.4 is 5.73 Å². The molecule has 1 rings (SSSR count). The van der Waals surface area contributed by atoms with Crippen LogP contribution in [0, 0.1) is 11.8 Å². The van der Waals surface area contributed by atoms with Crippen LogP contribution in [0.5, 0.6) is 0 Å². The maximum absolute atomic E-state index is 5.84. The standard InChI is InChI=1S/C15H26N2/c1-4-17(12-15(10-16)13(2)3)11-14-8-6-5-7-9-14/h5-9,13,15H,4,10-12,16H2,1-3H3. The van der Waals surface area contributed by atoms with Crippen LogP contribution in [-0.4, -0.2) is 24.5 Å². The van der Waals surface area contributed by atoms with E-state index in [0.29, 0.717) is 11.8 Å². The monoisotopic (exact) mass is 234 g/mol. The molecule has 17 heavy (non-hydrogen) atoms. The Labute approximate surface area is 106 Å². The maximum Gasteiger partial charge on any atom is 0.0233 e. The smallest absolute Gasteiger partial charge is 0.0233 e. The summed E-state index contributed by atoms with van der Waals surface area (Å²) >= 11 is 0. The van der Waals surface area contributed by atoms with Gasteiger partial charge in [0.25, 0.3) is 0 Å². The summed E-state index contributed by atoms with van der Waals surface area (Å²) in [7, 11) is 0. The van der Waals surface area contributed by atoms with E-state index in [9.17, 15) is 0 Å². The van der Waals surface area contributed by atoms with Crippen molar-refractivity contribution in [1.29, 1.82) is 0 Å². The fourth-order valence-corrected chi connectivity index (χ4v) is 2.04. The quantitative estimate of drug-likeness (QED) is 0.786. The predicted molar refractivity (Wildman–Crippen MR) is 74.8 cm³/mol. The van der Waals surface area contributed by atoms with E-state index in [1.807, 2.05) is 0 Å². The van der Waals surface area contributed by atoms with Crippen LogP contribution in [-0.2, 0) is 6.54 Å². The molecule has 0 aliphatic carbocycles. The van der Waals surface area contributed by atoms with Crippen LogP contribution in [0.3, 0.4) is 0 Å². The molecular formula is C15H26N2. The molecule has 0 aliphatic heterocycles. The molecule has 0 aromatic heterocycles. The van der Waals surface area contributed by atoms with E-state index in [-0.39, 0.29) is 0 Å². The van der Waals surface area contributed by atoms with Gasteiger partial charge in [-0.15, -0.1) is 0 Å². The Kier molecular flexibility index (Phi) is 6.23. The Morgan fingerprint density at radius 3 is 2.29 bits per heavy atom. The third kappa shape index (κ3) is 4.88. The normalized spacial score (nSPS) is 13.3. The van der Waals surface area contributed by atoms with Crippen molar-refractivity contribution in [2.75, 3.05) is 19.6 Å². The van der Waals surface area contributed by atoms with Crippen LogP contribution >= 0.6 is 0 Å². The van der Waals surface area contributed by atoms with Gasteiger partial charge in [-0.3, -0.25) is 4.90 Å². The maximum atomic E-state index is 5.84. The van der Waals surface area contributed by atoms with E-state index >= 15 is 0 Å². The third-order valence-corrected chi connectivity index (χ3v) is 3.43. The molecule has 0 bridgehead atoms. The van der Waals surface area contributed by atoms with Crippen LogP contribution in [0.4, 0.5) is 0 Å². The van der Waals surface area contributed by atoms with Crippen molar-refractivity contribution in [3.63, 3.8) is 0 Å². The Morgan fingerprint density at radius 1 is 1.18 bits per heavy atom. The average Bonchev–Trinajstić information content (AvgIpc) is 2.35. The fraction of sp³-hybridized carbons (Fsp3) is 0.600. The predicted octanol–water partition coefficient (Wildman–Crippen LogP) is 2.74. The summed E-state index contributed by atoms with van der Waals surface area (Å²) in [6, 6.07) is 10.7. The molecule has 0 saturated carbocycles. The lowest BCUT2D eigenvalue weighted by molar-refractivity contribution is 0.206. The molecule has 0 radical (unpaired) electrons. The van der Waals surface area contributed by atoms with E-state index in [1.54, 1.807) is 0 Å². The van der Waals surface area contributed by atoms with Crippen LogP contribution in [0.15, 0.2) is 30.3 Å². The molecule has 2 N–H and O–H groups in total. The minimum atomic E-state index is 0.596. The molecule has 1 aromatic carbocycles. The molecule has 0 fully saturated rings. The van der Waals surface area contributed by atoms with Crippen molar-refractivity contribution in [3.05, 3.63) is 35.9 Å². The molecule has 96 valence electrons. The van der Waals surface area contributed by atoms with Crippen molar-refractivity contribution in [2.24, 2.45) is 17.6 Å². The summed E-state index contributed by atoms with van der Waals surface area (Å²) in [5.41, 5.74) is 7.23. The zero-order valence-electron chi connectivity index (χ0n) is 11.4. The highest BCUT2D eigenvalue weighted by Gasteiger charge is 2.15.